The first-order chi connectivity index (χ1) is 16.5. The Morgan fingerprint density at radius 2 is 1.62 bits per heavy atom. The summed E-state index contributed by atoms with van der Waals surface area (Å²) in [6.07, 6.45) is 2.50. The average Bonchev–Trinajstić information content (AvgIpc) is 3.16. The van der Waals surface area contributed by atoms with Crippen LogP contribution in [0.4, 0.5) is 15.4 Å². The van der Waals surface area contributed by atoms with E-state index in [-0.39, 0.29) is 23.2 Å². The van der Waals surface area contributed by atoms with E-state index >= 15 is 0 Å². The van der Waals surface area contributed by atoms with E-state index in [0.29, 0.717) is 57.5 Å². The third-order valence-corrected chi connectivity index (χ3v) is 6.10. The fourth-order valence-electron chi connectivity index (χ4n) is 4.09. The number of hydrogen-bond acceptors (Lipinski definition) is 8. The summed E-state index contributed by atoms with van der Waals surface area (Å²) in [5, 5.41) is 0.405. The van der Waals surface area contributed by atoms with Crippen molar-refractivity contribution in [2.75, 3.05) is 57.4 Å². The Balaban J connectivity index is 1.28. The molecule has 4 amide bonds. The van der Waals surface area contributed by atoms with E-state index < -0.39 is 18.2 Å². The Morgan fingerprint density at radius 1 is 0.941 bits per heavy atom. The van der Waals surface area contributed by atoms with Crippen molar-refractivity contribution in [1.29, 1.82) is 0 Å². The van der Waals surface area contributed by atoms with Crippen LogP contribution in [0.15, 0.2) is 30.7 Å². The molecule has 3 aliphatic rings. The van der Waals surface area contributed by atoms with Crippen LogP contribution in [0.2, 0.25) is 5.02 Å². The van der Waals surface area contributed by atoms with Crippen LogP contribution in [-0.4, -0.2) is 100 Å². The van der Waals surface area contributed by atoms with Gasteiger partial charge in [-0.3, -0.25) is 9.78 Å². The van der Waals surface area contributed by atoms with Gasteiger partial charge in [0.15, 0.2) is 5.69 Å². The van der Waals surface area contributed by atoms with Crippen LogP contribution in [0.5, 0.6) is 0 Å². The molecule has 13 heteroatoms. The zero-order chi connectivity index (χ0) is 23.7. The maximum absolute atomic E-state index is 13.0. The molecule has 178 valence electrons. The molecule has 0 bridgehead atoms. The number of nitrogens with zero attached hydrogens (tertiary/aromatic N) is 7. The largest absolute Gasteiger partial charge is 0.419 e. The molecule has 2 aromatic heterocycles. The molecular weight excluding hydrogens is 466 g/mol. The quantitative estimate of drug-likeness (QED) is 0.623. The molecule has 0 radical (unpaired) electrons. The van der Waals surface area contributed by atoms with Crippen molar-refractivity contribution >= 4 is 35.5 Å². The van der Waals surface area contributed by atoms with E-state index in [1.54, 1.807) is 21.9 Å². The van der Waals surface area contributed by atoms with Crippen molar-refractivity contribution in [3.63, 3.8) is 0 Å². The van der Waals surface area contributed by atoms with Gasteiger partial charge in [0.25, 0.3) is 5.91 Å². The lowest BCUT2D eigenvalue weighted by atomic mass is 10.3. The zero-order valence-corrected chi connectivity index (χ0v) is 18.9. The van der Waals surface area contributed by atoms with E-state index in [0.717, 1.165) is 0 Å². The second-order valence-corrected chi connectivity index (χ2v) is 8.33. The summed E-state index contributed by atoms with van der Waals surface area (Å²) in [6.45, 7) is 3.56. The number of pyridine rings is 1. The smallest absolute Gasteiger partial charge is 0.412 e. The van der Waals surface area contributed by atoms with Crippen LogP contribution >= 0.6 is 11.6 Å². The number of ether oxygens (including phenoxy) is 2. The predicted octanol–water partition coefficient (Wildman–Crippen LogP) is 1.39. The van der Waals surface area contributed by atoms with Crippen LogP contribution in [0.25, 0.3) is 0 Å². The van der Waals surface area contributed by atoms with Crippen LogP contribution in [-0.2, 0) is 9.47 Å². The third kappa shape index (κ3) is 4.21. The van der Waals surface area contributed by atoms with Gasteiger partial charge in [0.05, 0.1) is 18.2 Å². The molecule has 2 saturated heterocycles. The summed E-state index contributed by atoms with van der Waals surface area (Å²) in [6, 6.07) is 3.09. The lowest BCUT2D eigenvalue weighted by Gasteiger charge is -2.38. The van der Waals surface area contributed by atoms with Gasteiger partial charge in [-0.05, 0) is 12.1 Å². The number of fused-ring (bicyclic) bond motifs is 1. The molecule has 0 unspecified atom stereocenters. The first-order valence-electron chi connectivity index (χ1n) is 10.9. The minimum atomic E-state index is -1.12. The first-order valence-corrected chi connectivity index (χ1v) is 11.2. The number of urea groups is 1. The standard InChI is InChI=1S/C21H22ClN7O5/c22-14-1-2-15(25-13-14)29-18(30)16-17(24-4-3-23-16)19(29)34-21(32)28-7-5-26(6-8-28)20(31)27-9-11-33-12-10-27/h1-4,13,19H,5-12H2/t19-/m0/s1. The number of amides is 4. The number of carbonyl (C=O) groups excluding carboxylic acids is 3. The highest BCUT2D eigenvalue weighted by Gasteiger charge is 2.44. The maximum atomic E-state index is 13.0. The second kappa shape index (κ2) is 9.39. The van der Waals surface area contributed by atoms with E-state index in [9.17, 15) is 14.4 Å². The van der Waals surface area contributed by atoms with Gasteiger partial charge in [-0.1, -0.05) is 11.6 Å². The summed E-state index contributed by atoms with van der Waals surface area (Å²) in [5.41, 5.74) is 0.330. The van der Waals surface area contributed by atoms with Crippen LogP contribution in [0.3, 0.4) is 0 Å². The predicted molar refractivity (Wildman–Crippen MR) is 118 cm³/mol. The lowest BCUT2D eigenvalue weighted by molar-refractivity contribution is 0.0303. The Labute approximate surface area is 200 Å². The summed E-state index contributed by atoms with van der Waals surface area (Å²) in [4.78, 5) is 57.5. The normalized spacial score (nSPS) is 20.4. The fraction of sp³-hybridized carbons (Fsp3) is 0.429. The SMILES string of the molecule is O=C(O[C@H]1c2nccnc2C(=O)N1c1ccc(Cl)cn1)N1CCN(C(=O)N2CCOCC2)CC1. The van der Waals surface area contributed by atoms with E-state index in [2.05, 4.69) is 15.0 Å². The van der Waals surface area contributed by atoms with Crippen LogP contribution in [0.1, 0.15) is 22.4 Å². The Kier molecular flexibility index (Phi) is 6.16. The third-order valence-electron chi connectivity index (χ3n) is 5.88. The first kappa shape index (κ1) is 22.3. The fourth-order valence-corrected chi connectivity index (χ4v) is 4.20. The molecule has 12 nitrogen and oxygen atoms in total. The van der Waals surface area contributed by atoms with Gasteiger partial charge < -0.3 is 24.2 Å². The highest BCUT2D eigenvalue weighted by atomic mass is 35.5. The summed E-state index contributed by atoms with van der Waals surface area (Å²) in [7, 11) is 0. The number of morpholine rings is 1. The van der Waals surface area contributed by atoms with E-state index in [1.165, 1.54) is 28.4 Å². The number of anilines is 1. The minimum absolute atomic E-state index is 0.0538. The van der Waals surface area contributed by atoms with Crippen molar-refractivity contribution in [3.8, 4) is 0 Å². The van der Waals surface area contributed by atoms with E-state index in [1.807, 2.05) is 0 Å². The molecule has 2 aromatic rings. The van der Waals surface area contributed by atoms with Crippen molar-refractivity contribution < 1.29 is 23.9 Å². The molecule has 0 N–H and O–H groups in total. The second-order valence-electron chi connectivity index (χ2n) is 7.89. The molecule has 0 saturated carbocycles. The number of piperazine rings is 1. The van der Waals surface area contributed by atoms with Gasteiger partial charge in [-0.25, -0.2) is 24.5 Å². The highest BCUT2D eigenvalue weighted by Crippen LogP contribution is 2.35. The van der Waals surface area contributed by atoms with Crippen molar-refractivity contribution in [2.45, 2.75) is 6.23 Å². The van der Waals surface area contributed by atoms with Gasteiger partial charge in [-0.2, -0.15) is 0 Å². The molecule has 0 aliphatic carbocycles. The molecule has 0 aromatic carbocycles. The average molecular weight is 488 g/mol. The number of carbonyl (C=O) groups is 3. The molecule has 5 heterocycles. The molecular formula is C21H22ClN7O5. The summed E-state index contributed by atoms with van der Waals surface area (Å²) in [5.74, 6) is -0.218. The molecule has 5 rings (SSSR count). The number of rotatable bonds is 2. The van der Waals surface area contributed by atoms with Gasteiger partial charge >= 0.3 is 12.1 Å². The number of aromatic nitrogens is 3. The monoisotopic (exact) mass is 487 g/mol. The molecule has 0 spiro atoms. The van der Waals surface area contributed by atoms with Crippen LogP contribution < -0.4 is 4.90 Å². The molecule has 1 atom stereocenters. The van der Waals surface area contributed by atoms with Gasteiger partial charge in [0.1, 0.15) is 11.5 Å². The lowest BCUT2D eigenvalue weighted by Crippen LogP contribution is -2.55. The highest BCUT2D eigenvalue weighted by molar-refractivity contribution is 6.30. The number of halogens is 1. The Hall–Kier alpha value is -3.51. The molecule has 2 fully saturated rings. The summed E-state index contributed by atoms with van der Waals surface area (Å²) < 4.78 is 11.0. The van der Waals surface area contributed by atoms with Crippen LogP contribution in [0, 0.1) is 0 Å². The number of hydrogen-bond donors (Lipinski definition) is 0. The van der Waals surface area contributed by atoms with Crippen molar-refractivity contribution in [1.82, 2.24) is 29.7 Å². The Bertz CT molecular complexity index is 1090. The topological polar surface area (TPSA) is 121 Å². The van der Waals surface area contributed by atoms with E-state index in [4.69, 9.17) is 21.1 Å². The zero-order valence-electron chi connectivity index (χ0n) is 18.2. The van der Waals surface area contributed by atoms with Gasteiger partial charge in [0.2, 0.25) is 6.23 Å². The minimum Gasteiger partial charge on any atom is -0.419 e. The summed E-state index contributed by atoms with van der Waals surface area (Å²) >= 11 is 5.93. The maximum Gasteiger partial charge on any atom is 0.412 e. The van der Waals surface area contributed by atoms with Crippen molar-refractivity contribution in [3.05, 3.63) is 47.1 Å². The van der Waals surface area contributed by atoms with Gasteiger partial charge in [-0.15, -0.1) is 0 Å². The van der Waals surface area contributed by atoms with Gasteiger partial charge in [0, 0.05) is 57.9 Å². The Morgan fingerprint density at radius 3 is 2.32 bits per heavy atom. The molecule has 34 heavy (non-hydrogen) atoms. The van der Waals surface area contributed by atoms with Crippen molar-refractivity contribution in [2.24, 2.45) is 0 Å². The molecule has 3 aliphatic heterocycles.